The highest BCUT2D eigenvalue weighted by atomic mass is 35.5. The highest BCUT2D eigenvalue weighted by molar-refractivity contribution is 6.34. The fraction of sp³-hybridized carbons (Fsp3) is 0.333. The lowest BCUT2D eigenvalue weighted by molar-refractivity contribution is -0.384. The summed E-state index contributed by atoms with van der Waals surface area (Å²) >= 11 is 5.84. The molecule has 0 bridgehead atoms. The summed E-state index contributed by atoms with van der Waals surface area (Å²) in [5.74, 6) is -1.58. The summed E-state index contributed by atoms with van der Waals surface area (Å²) in [4.78, 5) is 33.3. The van der Waals surface area contributed by atoms with E-state index in [4.69, 9.17) is 17.3 Å². The Bertz CT molecular complexity index is 560. The van der Waals surface area contributed by atoms with Gasteiger partial charge in [0.25, 0.3) is 11.6 Å². The first-order chi connectivity index (χ1) is 9.23. The maximum Gasteiger partial charge on any atom is 0.270 e. The zero-order valence-corrected chi connectivity index (χ0v) is 11.7. The van der Waals surface area contributed by atoms with Crippen LogP contribution < -0.4 is 11.1 Å². The Labute approximate surface area is 120 Å². The van der Waals surface area contributed by atoms with Crippen molar-refractivity contribution in [2.45, 2.75) is 19.9 Å². The molecule has 7 nitrogen and oxygen atoms in total. The second-order valence-electron chi connectivity index (χ2n) is 4.52. The van der Waals surface area contributed by atoms with Crippen LogP contribution in [0.3, 0.4) is 0 Å². The van der Waals surface area contributed by atoms with Gasteiger partial charge in [-0.25, -0.2) is 0 Å². The molecule has 1 unspecified atom stereocenters. The van der Waals surface area contributed by atoms with E-state index in [1.54, 1.807) is 13.8 Å². The van der Waals surface area contributed by atoms with Gasteiger partial charge in [0.05, 0.1) is 15.5 Å². The lowest BCUT2D eigenvalue weighted by Gasteiger charge is -2.19. The Kier molecular flexibility index (Phi) is 5.04. The number of carbonyl (C=O) groups excluding carboxylic acids is 2. The zero-order valence-electron chi connectivity index (χ0n) is 10.9. The first-order valence-electron chi connectivity index (χ1n) is 5.78. The van der Waals surface area contributed by atoms with E-state index in [9.17, 15) is 19.7 Å². The molecule has 0 fully saturated rings. The molecule has 108 valence electrons. The Morgan fingerprint density at radius 3 is 2.45 bits per heavy atom. The molecule has 1 aromatic carbocycles. The van der Waals surface area contributed by atoms with Crippen LogP contribution >= 0.6 is 11.6 Å². The molecule has 1 aromatic rings. The number of nitrogens with two attached hydrogens (primary N) is 1. The Morgan fingerprint density at radius 2 is 2.00 bits per heavy atom. The number of nitrogens with one attached hydrogen (secondary N) is 1. The number of nitrogens with zero attached hydrogens (tertiary/aromatic N) is 1. The number of hydrogen-bond donors (Lipinski definition) is 2. The molecule has 20 heavy (non-hydrogen) atoms. The van der Waals surface area contributed by atoms with Gasteiger partial charge in [0.2, 0.25) is 5.91 Å². The van der Waals surface area contributed by atoms with Crippen LogP contribution in [0.25, 0.3) is 0 Å². The summed E-state index contributed by atoms with van der Waals surface area (Å²) in [5, 5.41) is 13.2. The van der Waals surface area contributed by atoms with Gasteiger partial charge in [-0.1, -0.05) is 25.4 Å². The Balaban J connectivity index is 3.05. The average molecular weight is 300 g/mol. The second kappa shape index (κ2) is 6.33. The number of non-ortho nitro benzene ring substituents is 1. The zero-order chi connectivity index (χ0) is 15.4. The van der Waals surface area contributed by atoms with E-state index >= 15 is 0 Å². The quantitative estimate of drug-likeness (QED) is 0.633. The molecular formula is C12H14ClN3O4. The van der Waals surface area contributed by atoms with Crippen molar-refractivity contribution >= 4 is 29.1 Å². The number of primary amides is 1. The fourth-order valence-electron chi connectivity index (χ4n) is 1.59. The van der Waals surface area contributed by atoms with Gasteiger partial charge in [-0.15, -0.1) is 0 Å². The van der Waals surface area contributed by atoms with E-state index in [-0.39, 0.29) is 22.2 Å². The first kappa shape index (κ1) is 15.9. The Hall–Kier alpha value is -2.15. The molecule has 0 saturated carbocycles. The van der Waals surface area contributed by atoms with Crippen LogP contribution in [0.4, 0.5) is 5.69 Å². The predicted molar refractivity (Wildman–Crippen MR) is 73.4 cm³/mol. The number of halogens is 1. The number of hydrogen-bond acceptors (Lipinski definition) is 4. The summed E-state index contributed by atoms with van der Waals surface area (Å²) in [7, 11) is 0. The molecule has 0 saturated heterocycles. The van der Waals surface area contributed by atoms with Crippen LogP contribution in [-0.4, -0.2) is 22.8 Å². The lowest BCUT2D eigenvalue weighted by atomic mass is 10.0. The van der Waals surface area contributed by atoms with Gasteiger partial charge in [-0.3, -0.25) is 19.7 Å². The van der Waals surface area contributed by atoms with Crippen LogP contribution in [0.2, 0.25) is 5.02 Å². The smallest absolute Gasteiger partial charge is 0.270 e. The largest absolute Gasteiger partial charge is 0.368 e. The van der Waals surface area contributed by atoms with Crippen molar-refractivity contribution in [3.63, 3.8) is 0 Å². The highest BCUT2D eigenvalue weighted by Gasteiger charge is 2.24. The molecule has 0 radical (unpaired) electrons. The Morgan fingerprint density at radius 1 is 1.40 bits per heavy atom. The first-order valence-corrected chi connectivity index (χ1v) is 6.16. The van der Waals surface area contributed by atoms with Crippen molar-refractivity contribution in [3.05, 3.63) is 38.9 Å². The molecule has 0 spiro atoms. The number of rotatable bonds is 5. The summed E-state index contributed by atoms with van der Waals surface area (Å²) < 4.78 is 0. The van der Waals surface area contributed by atoms with Gasteiger partial charge in [0.1, 0.15) is 6.04 Å². The normalized spacial score (nSPS) is 12.0. The molecule has 8 heteroatoms. The molecule has 0 aromatic heterocycles. The van der Waals surface area contributed by atoms with Crippen LogP contribution in [0.1, 0.15) is 24.2 Å². The van der Waals surface area contributed by atoms with Crippen molar-refractivity contribution in [3.8, 4) is 0 Å². The molecule has 0 heterocycles. The van der Waals surface area contributed by atoms with Crippen molar-refractivity contribution in [2.75, 3.05) is 0 Å². The monoisotopic (exact) mass is 299 g/mol. The summed E-state index contributed by atoms with van der Waals surface area (Å²) in [6.45, 7) is 3.43. The molecule has 0 aliphatic carbocycles. The standard InChI is InChI=1S/C12H14ClN3O4/c1-6(2)10(11(14)17)15-12(18)8-5-7(16(19)20)3-4-9(8)13/h3-6,10H,1-2H3,(H2,14,17)(H,15,18). The summed E-state index contributed by atoms with van der Waals surface area (Å²) in [6.07, 6.45) is 0. The second-order valence-corrected chi connectivity index (χ2v) is 4.93. The van der Waals surface area contributed by atoms with E-state index in [2.05, 4.69) is 5.32 Å². The number of nitro groups is 1. The van der Waals surface area contributed by atoms with E-state index in [1.165, 1.54) is 12.1 Å². The average Bonchev–Trinajstić information content (AvgIpc) is 2.34. The lowest BCUT2D eigenvalue weighted by Crippen LogP contribution is -2.47. The van der Waals surface area contributed by atoms with Crippen LogP contribution in [-0.2, 0) is 4.79 Å². The van der Waals surface area contributed by atoms with Gasteiger partial charge in [0.15, 0.2) is 0 Å². The summed E-state index contributed by atoms with van der Waals surface area (Å²) in [5.41, 5.74) is 4.85. The van der Waals surface area contributed by atoms with E-state index in [1.807, 2.05) is 0 Å². The molecule has 3 N–H and O–H groups in total. The third-order valence-electron chi connectivity index (χ3n) is 2.67. The van der Waals surface area contributed by atoms with Gasteiger partial charge < -0.3 is 11.1 Å². The van der Waals surface area contributed by atoms with Crippen molar-refractivity contribution < 1.29 is 14.5 Å². The van der Waals surface area contributed by atoms with Crippen molar-refractivity contribution in [1.29, 1.82) is 0 Å². The molecule has 0 aliphatic heterocycles. The number of carbonyl (C=O) groups is 2. The molecule has 1 atom stereocenters. The maximum absolute atomic E-state index is 12.0. The van der Waals surface area contributed by atoms with Gasteiger partial charge in [-0.05, 0) is 12.0 Å². The van der Waals surface area contributed by atoms with E-state index in [0.717, 1.165) is 6.07 Å². The van der Waals surface area contributed by atoms with Gasteiger partial charge in [-0.2, -0.15) is 0 Å². The minimum absolute atomic E-state index is 0.0556. The summed E-state index contributed by atoms with van der Waals surface area (Å²) in [6, 6.07) is 2.62. The minimum Gasteiger partial charge on any atom is -0.368 e. The topological polar surface area (TPSA) is 115 Å². The number of benzene rings is 1. The van der Waals surface area contributed by atoms with Crippen LogP contribution in [0.15, 0.2) is 18.2 Å². The SMILES string of the molecule is CC(C)C(NC(=O)c1cc([N+](=O)[O-])ccc1Cl)C(N)=O. The number of amides is 2. The minimum atomic E-state index is -0.877. The van der Waals surface area contributed by atoms with E-state index in [0.29, 0.717) is 0 Å². The molecule has 1 rings (SSSR count). The molecular weight excluding hydrogens is 286 g/mol. The third-order valence-corrected chi connectivity index (χ3v) is 2.99. The van der Waals surface area contributed by atoms with Gasteiger partial charge >= 0.3 is 0 Å². The van der Waals surface area contributed by atoms with Gasteiger partial charge in [0, 0.05) is 12.1 Å². The highest BCUT2D eigenvalue weighted by Crippen LogP contribution is 2.22. The third kappa shape index (κ3) is 3.67. The predicted octanol–water partition coefficient (Wildman–Crippen LogP) is 1.49. The molecule has 2 amide bonds. The maximum atomic E-state index is 12.0. The van der Waals surface area contributed by atoms with Crippen LogP contribution in [0, 0.1) is 16.0 Å². The van der Waals surface area contributed by atoms with E-state index < -0.39 is 22.8 Å². The molecule has 0 aliphatic rings. The fourth-order valence-corrected chi connectivity index (χ4v) is 1.79. The number of nitro benzene ring substituents is 1. The van der Waals surface area contributed by atoms with Crippen LogP contribution in [0.5, 0.6) is 0 Å². The van der Waals surface area contributed by atoms with Crippen molar-refractivity contribution in [2.24, 2.45) is 11.7 Å². The van der Waals surface area contributed by atoms with Crippen molar-refractivity contribution in [1.82, 2.24) is 5.32 Å².